The zero-order valence-electron chi connectivity index (χ0n) is 18.3. The van der Waals surface area contributed by atoms with Gasteiger partial charge in [-0.1, -0.05) is 0 Å². The van der Waals surface area contributed by atoms with Gasteiger partial charge in [0.05, 0.1) is 0 Å². The molecule has 1 saturated heterocycles. The molecule has 0 unspecified atom stereocenters. The fourth-order valence-electron chi connectivity index (χ4n) is 4.23. The van der Waals surface area contributed by atoms with E-state index in [1.54, 1.807) is 11.3 Å². The number of carbonyl (C=O) groups excluding carboxylic acids is 1. The van der Waals surface area contributed by atoms with E-state index in [2.05, 4.69) is 47.7 Å². The minimum atomic E-state index is 0. The minimum Gasteiger partial charge on any atom is -0.334 e. The highest BCUT2D eigenvalue weighted by atomic mass is 35.5. The SMILES string of the molecule is Cc1sc2c(C)c(C(=O)N3CCN[C@H](C)C3)nc(Nc3cc(C4CC4)[nH]n3)c2c1C.Cl. The quantitative estimate of drug-likeness (QED) is 0.536. The molecule has 1 aliphatic heterocycles. The Labute approximate surface area is 192 Å². The van der Waals surface area contributed by atoms with Crippen LogP contribution in [0.5, 0.6) is 0 Å². The van der Waals surface area contributed by atoms with Crippen LogP contribution < -0.4 is 10.6 Å². The van der Waals surface area contributed by atoms with Crippen molar-refractivity contribution >= 4 is 51.4 Å². The van der Waals surface area contributed by atoms with E-state index in [0.29, 0.717) is 30.7 Å². The molecule has 3 aromatic heterocycles. The number of hydrogen-bond acceptors (Lipinski definition) is 6. The molecule has 31 heavy (non-hydrogen) atoms. The predicted molar refractivity (Wildman–Crippen MR) is 128 cm³/mol. The Bertz CT molecular complexity index is 1130. The lowest BCUT2D eigenvalue weighted by Crippen LogP contribution is -2.51. The van der Waals surface area contributed by atoms with Gasteiger partial charge in [-0.2, -0.15) is 5.10 Å². The first-order chi connectivity index (χ1) is 14.4. The lowest BCUT2D eigenvalue weighted by Gasteiger charge is -2.32. The molecule has 0 spiro atoms. The molecule has 1 saturated carbocycles. The predicted octanol–water partition coefficient (Wildman–Crippen LogP) is 4.42. The zero-order valence-corrected chi connectivity index (χ0v) is 20.0. The van der Waals surface area contributed by atoms with Gasteiger partial charge >= 0.3 is 0 Å². The van der Waals surface area contributed by atoms with Gasteiger partial charge in [0.25, 0.3) is 5.91 Å². The van der Waals surface area contributed by atoms with Crippen LogP contribution in [-0.2, 0) is 0 Å². The molecule has 2 fully saturated rings. The third-order valence-corrected chi connectivity index (χ3v) is 7.59. The van der Waals surface area contributed by atoms with Gasteiger partial charge in [-0.25, -0.2) is 4.98 Å². The zero-order chi connectivity index (χ0) is 21.0. The molecule has 0 aromatic carbocycles. The maximum Gasteiger partial charge on any atom is 0.272 e. The number of fused-ring (bicyclic) bond motifs is 1. The van der Waals surface area contributed by atoms with Crippen molar-refractivity contribution in [3.63, 3.8) is 0 Å². The number of H-pyrrole nitrogens is 1. The normalized spacial score (nSPS) is 18.8. The number of halogens is 1. The maximum atomic E-state index is 13.4. The maximum absolute atomic E-state index is 13.4. The van der Waals surface area contributed by atoms with Crippen LogP contribution in [0.4, 0.5) is 11.6 Å². The summed E-state index contributed by atoms with van der Waals surface area (Å²) in [6, 6.07) is 2.36. The average Bonchev–Trinajstić information content (AvgIpc) is 3.40. The van der Waals surface area contributed by atoms with Crippen molar-refractivity contribution in [1.29, 1.82) is 0 Å². The first-order valence-corrected chi connectivity index (χ1v) is 11.5. The van der Waals surface area contributed by atoms with Crippen molar-refractivity contribution in [2.75, 3.05) is 25.0 Å². The van der Waals surface area contributed by atoms with Crippen LogP contribution in [0.15, 0.2) is 6.07 Å². The van der Waals surface area contributed by atoms with Gasteiger partial charge in [0.15, 0.2) is 5.82 Å². The first kappa shape index (κ1) is 22.0. The van der Waals surface area contributed by atoms with Gasteiger partial charge in [0.1, 0.15) is 11.5 Å². The Morgan fingerprint density at radius 2 is 2.03 bits per heavy atom. The molecule has 166 valence electrons. The van der Waals surface area contributed by atoms with Gasteiger partial charge in [0, 0.05) is 58.3 Å². The summed E-state index contributed by atoms with van der Waals surface area (Å²) in [5.41, 5.74) is 3.89. The Hall–Kier alpha value is -2.16. The van der Waals surface area contributed by atoms with Crippen molar-refractivity contribution in [3.05, 3.63) is 33.5 Å². The Morgan fingerprint density at radius 1 is 1.26 bits per heavy atom. The highest BCUT2D eigenvalue weighted by Gasteiger charge is 2.28. The third kappa shape index (κ3) is 4.04. The van der Waals surface area contributed by atoms with E-state index in [0.717, 1.165) is 33.8 Å². The number of aromatic amines is 1. The average molecular weight is 461 g/mol. The number of piperazine rings is 1. The van der Waals surface area contributed by atoms with Crippen molar-refractivity contribution < 1.29 is 4.79 Å². The number of pyridine rings is 1. The summed E-state index contributed by atoms with van der Waals surface area (Å²) in [5.74, 6) is 2.09. The Balaban J connectivity index is 0.00000231. The summed E-state index contributed by atoms with van der Waals surface area (Å²) < 4.78 is 1.13. The summed E-state index contributed by atoms with van der Waals surface area (Å²) in [5, 5.41) is 15.5. The lowest BCUT2D eigenvalue weighted by atomic mass is 10.1. The molecule has 4 heterocycles. The second-order valence-electron chi connectivity index (χ2n) is 8.64. The molecule has 1 atom stereocenters. The number of nitrogens with zero attached hydrogens (tertiary/aromatic N) is 3. The highest BCUT2D eigenvalue weighted by molar-refractivity contribution is 7.19. The number of hydrogen-bond donors (Lipinski definition) is 3. The first-order valence-electron chi connectivity index (χ1n) is 10.7. The number of amides is 1. The second kappa shape index (κ2) is 8.41. The fourth-order valence-corrected chi connectivity index (χ4v) is 5.39. The van der Waals surface area contributed by atoms with E-state index in [1.807, 2.05) is 11.8 Å². The van der Waals surface area contributed by atoms with Crippen LogP contribution in [0.2, 0.25) is 0 Å². The van der Waals surface area contributed by atoms with E-state index in [4.69, 9.17) is 4.98 Å². The Morgan fingerprint density at radius 3 is 2.74 bits per heavy atom. The summed E-state index contributed by atoms with van der Waals surface area (Å²) in [6.07, 6.45) is 2.44. The van der Waals surface area contributed by atoms with Crippen molar-refractivity contribution in [2.45, 2.75) is 52.5 Å². The third-order valence-electron chi connectivity index (χ3n) is 6.26. The van der Waals surface area contributed by atoms with Gasteiger partial charge in [0.2, 0.25) is 0 Å². The van der Waals surface area contributed by atoms with Crippen molar-refractivity contribution in [1.82, 2.24) is 25.4 Å². The lowest BCUT2D eigenvalue weighted by molar-refractivity contribution is 0.0702. The molecule has 0 bridgehead atoms. The van der Waals surface area contributed by atoms with Gasteiger partial charge in [-0.3, -0.25) is 9.89 Å². The Kier molecular flexibility index (Phi) is 5.98. The van der Waals surface area contributed by atoms with Gasteiger partial charge in [-0.05, 0) is 51.7 Å². The molecule has 0 radical (unpaired) electrons. The largest absolute Gasteiger partial charge is 0.334 e. The molecule has 5 rings (SSSR count). The standard InChI is InChI=1S/C22H28N6OS.ClH/c1-11-10-28(8-7-23-11)22(29)19-13(3)20-18(12(2)14(4)30-20)21(25-19)24-17-9-16(26-27-17)15-5-6-15;/h9,11,15,23H,5-8,10H2,1-4H3,(H2,24,25,26,27);1H/t11-;/m1./s1. The van der Waals surface area contributed by atoms with Crippen LogP contribution in [0.3, 0.4) is 0 Å². The molecule has 3 aromatic rings. The van der Waals surface area contributed by atoms with E-state index >= 15 is 0 Å². The number of anilines is 2. The van der Waals surface area contributed by atoms with Crippen LogP contribution in [0, 0.1) is 20.8 Å². The monoisotopic (exact) mass is 460 g/mol. The summed E-state index contributed by atoms with van der Waals surface area (Å²) in [4.78, 5) is 21.4. The van der Waals surface area contributed by atoms with Gasteiger partial charge in [-0.15, -0.1) is 23.7 Å². The second-order valence-corrected chi connectivity index (χ2v) is 9.86. The molecule has 9 heteroatoms. The molecular weight excluding hydrogens is 432 g/mol. The molecule has 3 N–H and O–H groups in total. The van der Waals surface area contributed by atoms with Crippen LogP contribution in [0.1, 0.15) is 57.9 Å². The molecule has 1 aliphatic carbocycles. The van der Waals surface area contributed by atoms with Crippen molar-refractivity contribution in [3.8, 4) is 0 Å². The van der Waals surface area contributed by atoms with Gasteiger partial charge < -0.3 is 15.5 Å². The molecule has 7 nitrogen and oxygen atoms in total. The number of thiophene rings is 1. The minimum absolute atomic E-state index is 0. The van der Waals surface area contributed by atoms with Crippen LogP contribution >= 0.6 is 23.7 Å². The molecule has 2 aliphatic rings. The van der Waals surface area contributed by atoms with Crippen LogP contribution in [0.25, 0.3) is 10.1 Å². The topological polar surface area (TPSA) is 85.9 Å². The summed E-state index contributed by atoms with van der Waals surface area (Å²) >= 11 is 1.74. The van der Waals surface area contributed by atoms with Crippen LogP contribution in [-0.4, -0.2) is 51.7 Å². The van der Waals surface area contributed by atoms with E-state index < -0.39 is 0 Å². The summed E-state index contributed by atoms with van der Waals surface area (Å²) in [6.45, 7) is 10.6. The number of rotatable bonds is 4. The molecular formula is C22H29ClN6OS. The molecule has 1 amide bonds. The summed E-state index contributed by atoms with van der Waals surface area (Å²) in [7, 11) is 0. The van der Waals surface area contributed by atoms with E-state index in [9.17, 15) is 4.79 Å². The van der Waals surface area contributed by atoms with E-state index in [1.165, 1.54) is 29.0 Å². The smallest absolute Gasteiger partial charge is 0.272 e. The highest BCUT2D eigenvalue weighted by Crippen LogP contribution is 2.41. The van der Waals surface area contributed by atoms with Crippen molar-refractivity contribution in [2.24, 2.45) is 0 Å². The number of aromatic nitrogens is 3. The van der Waals surface area contributed by atoms with E-state index in [-0.39, 0.29) is 18.3 Å². The number of aryl methyl sites for hydroxylation is 3. The number of nitrogens with one attached hydrogen (secondary N) is 3. The number of carbonyl (C=O) groups is 1. The fraction of sp³-hybridized carbons (Fsp3) is 0.500.